The van der Waals surface area contributed by atoms with Crippen molar-refractivity contribution < 1.29 is 23.9 Å². The third-order valence-electron chi connectivity index (χ3n) is 4.02. The number of rotatable bonds is 6. The number of nitrogens with zero attached hydrogens (tertiary/aromatic N) is 1. The topological polar surface area (TPSA) is 84.9 Å². The number of thioether (sulfide) groups is 1. The second kappa shape index (κ2) is 9.15. The van der Waals surface area contributed by atoms with Gasteiger partial charge in [-0.3, -0.25) is 19.3 Å². The van der Waals surface area contributed by atoms with Gasteiger partial charge in [0, 0.05) is 10.2 Å². The minimum atomic E-state index is -0.523. The Balaban J connectivity index is 1.77. The maximum atomic E-state index is 12.7. The summed E-state index contributed by atoms with van der Waals surface area (Å²) < 4.78 is 11.2. The summed E-state index contributed by atoms with van der Waals surface area (Å²) in [7, 11) is 3.03. The van der Waals surface area contributed by atoms with Crippen LogP contribution in [0, 0.1) is 0 Å². The lowest BCUT2D eigenvalue weighted by Crippen LogP contribution is -2.36. The molecule has 1 fully saturated rings. The molecule has 2 aromatic rings. The van der Waals surface area contributed by atoms with Gasteiger partial charge in [0.1, 0.15) is 6.54 Å². The molecule has 1 aliphatic heterocycles. The highest BCUT2D eigenvalue weighted by molar-refractivity contribution is 9.10. The molecule has 150 valence electrons. The van der Waals surface area contributed by atoms with Crippen molar-refractivity contribution in [3.05, 3.63) is 57.4 Å². The number of anilines is 1. The number of methoxy groups -OCH3 is 2. The fourth-order valence-corrected chi connectivity index (χ4v) is 3.89. The summed E-state index contributed by atoms with van der Waals surface area (Å²) in [4.78, 5) is 38.3. The molecule has 1 aliphatic rings. The van der Waals surface area contributed by atoms with E-state index in [9.17, 15) is 14.4 Å². The first kappa shape index (κ1) is 20.9. The highest BCUT2D eigenvalue weighted by Crippen LogP contribution is 2.37. The SMILES string of the molecule is COc1cc(Br)c(/C=C2\SC(=O)N(CC(=O)Nc3ccccc3)C2=O)cc1OC. The Morgan fingerprint density at radius 1 is 1.14 bits per heavy atom. The van der Waals surface area contributed by atoms with Crippen LogP contribution in [-0.2, 0) is 9.59 Å². The summed E-state index contributed by atoms with van der Waals surface area (Å²) in [6, 6.07) is 12.2. The molecular weight excluding hydrogens is 460 g/mol. The maximum Gasteiger partial charge on any atom is 0.294 e. The van der Waals surface area contributed by atoms with Crippen LogP contribution in [0.4, 0.5) is 10.5 Å². The standard InChI is InChI=1S/C20H17BrN2O5S/c1-27-15-8-12(14(21)10-16(15)28-2)9-17-19(25)23(20(26)29-17)11-18(24)22-13-6-4-3-5-7-13/h3-10H,11H2,1-2H3,(H,22,24)/b17-9-. The van der Waals surface area contributed by atoms with Gasteiger partial charge in [-0.1, -0.05) is 34.1 Å². The van der Waals surface area contributed by atoms with Gasteiger partial charge in [0.05, 0.1) is 19.1 Å². The Kier molecular flexibility index (Phi) is 6.60. The van der Waals surface area contributed by atoms with Crippen LogP contribution < -0.4 is 14.8 Å². The summed E-state index contributed by atoms with van der Waals surface area (Å²) in [5.41, 5.74) is 1.23. The molecule has 0 aromatic heterocycles. The van der Waals surface area contributed by atoms with Gasteiger partial charge in [-0.05, 0) is 47.7 Å². The van der Waals surface area contributed by atoms with Crippen LogP contribution in [0.25, 0.3) is 6.08 Å². The molecule has 2 aromatic carbocycles. The predicted octanol–water partition coefficient (Wildman–Crippen LogP) is 4.14. The van der Waals surface area contributed by atoms with Crippen molar-refractivity contribution in [2.75, 3.05) is 26.1 Å². The molecule has 1 heterocycles. The molecule has 0 spiro atoms. The van der Waals surface area contributed by atoms with Crippen LogP contribution in [0.15, 0.2) is 51.8 Å². The van der Waals surface area contributed by atoms with Crippen molar-refractivity contribution in [1.82, 2.24) is 4.90 Å². The minimum Gasteiger partial charge on any atom is -0.493 e. The molecule has 0 bridgehead atoms. The maximum absolute atomic E-state index is 12.7. The summed E-state index contributed by atoms with van der Waals surface area (Å²) in [5.74, 6) is 0.0440. The molecule has 0 radical (unpaired) electrons. The number of hydrogen-bond acceptors (Lipinski definition) is 6. The van der Waals surface area contributed by atoms with E-state index in [1.54, 1.807) is 42.5 Å². The van der Waals surface area contributed by atoms with E-state index in [1.165, 1.54) is 14.2 Å². The second-order valence-corrected chi connectivity index (χ2v) is 7.76. The average molecular weight is 477 g/mol. The van der Waals surface area contributed by atoms with Gasteiger partial charge in [0.25, 0.3) is 11.1 Å². The lowest BCUT2D eigenvalue weighted by atomic mass is 10.2. The fourth-order valence-electron chi connectivity index (χ4n) is 2.62. The number of carbonyl (C=O) groups excluding carboxylic acids is 3. The fraction of sp³-hybridized carbons (Fsp3) is 0.150. The highest BCUT2D eigenvalue weighted by Gasteiger charge is 2.36. The van der Waals surface area contributed by atoms with Gasteiger partial charge in [0.15, 0.2) is 11.5 Å². The quantitative estimate of drug-likeness (QED) is 0.630. The third-order valence-corrected chi connectivity index (χ3v) is 5.62. The normalized spacial score (nSPS) is 15.0. The first-order chi connectivity index (χ1) is 13.9. The van der Waals surface area contributed by atoms with Crippen LogP contribution in [0.2, 0.25) is 0 Å². The lowest BCUT2D eigenvalue weighted by Gasteiger charge is -2.12. The van der Waals surface area contributed by atoms with Crippen LogP contribution in [0.1, 0.15) is 5.56 Å². The Bertz CT molecular complexity index is 994. The summed E-state index contributed by atoms with van der Waals surface area (Å²) >= 11 is 4.21. The van der Waals surface area contributed by atoms with E-state index in [-0.39, 0.29) is 11.4 Å². The van der Waals surface area contributed by atoms with E-state index in [2.05, 4.69) is 21.2 Å². The van der Waals surface area contributed by atoms with Crippen LogP contribution in [0.3, 0.4) is 0 Å². The Hall–Kier alpha value is -2.78. The van der Waals surface area contributed by atoms with Crippen LogP contribution >= 0.6 is 27.7 Å². The second-order valence-electron chi connectivity index (χ2n) is 5.91. The molecule has 29 heavy (non-hydrogen) atoms. The lowest BCUT2D eigenvalue weighted by molar-refractivity contribution is -0.127. The van der Waals surface area contributed by atoms with Crippen molar-refractivity contribution in [3.8, 4) is 11.5 Å². The third kappa shape index (κ3) is 4.80. The number of hydrogen-bond donors (Lipinski definition) is 1. The van der Waals surface area contributed by atoms with Crippen LogP contribution in [0.5, 0.6) is 11.5 Å². The number of halogens is 1. The summed E-state index contributed by atoms with van der Waals surface area (Å²) in [6.45, 7) is -0.357. The van der Waals surface area contributed by atoms with E-state index in [4.69, 9.17) is 9.47 Å². The van der Waals surface area contributed by atoms with Crippen molar-refractivity contribution >= 4 is 56.5 Å². The van der Waals surface area contributed by atoms with Gasteiger partial charge in [-0.15, -0.1) is 0 Å². The molecule has 3 amide bonds. The Morgan fingerprint density at radius 3 is 2.45 bits per heavy atom. The van der Waals surface area contributed by atoms with E-state index in [1.807, 2.05) is 6.07 Å². The number of carbonyl (C=O) groups is 3. The largest absolute Gasteiger partial charge is 0.493 e. The number of para-hydroxylation sites is 1. The Morgan fingerprint density at radius 2 is 1.79 bits per heavy atom. The number of ether oxygens (including phenoxy) is 2. The van der Waals surface area contributed by atoms with Crippen molar-refractivity contribution in [1.29, 1.82) is 0 Å². The minimum absolute atomic E-state index is 0.218. The average Bonchev–Trinajstić information content (AvgIpc) is 2.97. The smallest absolute Gasteiger partial charge is 0.294 e. The first-order valence-electron chi connectivity index (χ1n) is 8.44. The summed E-state index contributed by atoms with van der Waals surface area (Å²) in [6.07, 6.45) is 1.58. The van der Waals surface area contributed by atoms with Crippen LogP contribution in [-0.4, -0.2) is 42.7 Å². The van der Waals surface area contributed by atoms with E-state index >= 15 is 0 Å². The van der Waals surface area contributed by atoms with Gasteiger partial charge in [-0.25, -0.2) is 0 Å². The van der Waals surface area contributed by atoms with E-state index in [0.29, 0.717) is 27.2 Å². The molecule has 0 saturated carbocycles. The zero-order valence-electron chi connectivity index (χ0n) is 15.6. The molecule has 0 aliphatic carbocycles. The number of nitrogens with one attached hydrogen (secondary N) is 1. The van der Waals surface area contributed by atoms with Gasteiger partial charge >= 0.3 is 0 Å². The number of benzene rings is 2. The molecule has 0 atom stereocenters. The van der Waals surface area contributed by atoms with Gasteiger partial charge in [0.2, 0.25) is 5.91 Å². The molecule has 9 heteroatoms. The first-order valence-corrected chi connectivity index (χ1v) is 10.1. The van der Waals surface area contributed by atoms with E-state index in [0.717, 1.165) is 16.7 Å². The molecule has 1 saturated heterocycles. The molecule has 3 rings (SSSR count). The van der Waals surface area contributed by atoms with Crippen molar-refractivity contribution in [3.63, 3.8) is 0 Å². The monoisotopic (exact) mass is 476 g/mol. The predicted molar refractivity (Wildman–Crippen MR) is 115 cm³/mol. The number of imide groups is 1. The zero-order chi connectivity index (χ0) is 21.0. The molecule has 7 nitrogen and oxygen atoms in total. The van der Waals surface area contributed by atoms with Gasteiger partial charge in [-0.2, -0.15) is 0 Å². The van der Waals surface area contributed by atoms with E-state index < -0.39 is 17.1 Å². The molecule has 0 unspecified atom stereocenters. The Labute approximate surface area is 180 Å². The molecule has 1 N–H and O–H groups in total. The highest BCUT2D eigenvalue weighted by atomic mass is 79.9. The molecular formula is C20H17BrN2O5S. The summed E-state index contributed by atoms with van der Waals surface area (Å²) in [5, 5.41) is 2.16. The van der Waals surface area contributed by atoms with Gasteiger partial charge < -0.3 is 14.8 Å². The van der Waals surface area contributed by atoms with Crippen molar-refractivity contribution in [2.24, 2.45) is 0 Å². The zero-order valence-corrected chi connectivity index (χ0v) is 18.0. The number of amides is 3. The van der Waals surface area contributed by atoms with Crippen molar-refractivity contribution in [2.45, 2.75) is 0 Å².